The lowest BCUT2D eigenvalue weighted by atomic mass is 9.69. The fraction of sp³-hybridized carbons (Fsp3) is 0.526. The SMILES string of the molecule is CC12CCC(C)(O1)[C@H]1C(=O)N(c3ccc(C#N)c4c3OCCO4)C(=O)[C@H]12. The third-order valence-electron chi connectivity index (χ3n) is 6.23. The minimum atomic E-state index is -0.606. The van der Waals surface area contributed by atoms with Crippen molar-refractivity contribution in [1.29, 1.82) is 5.26 Å². The van der Waals surface area contributed by atoms with Crippen molar-refractivity contribution in [3.63, 3.8) is 0 Å². The molecule has 1 aromatic carbocycles. The summed E-state index contributed by atoms with van der Waals surface area (Å²) in [6.07, 6.45) is 1.53. The summed E-state index contributed by atoms with van der Waals surface area (Å²) in [7, 11) is 0. The lowest BCUT2D eigenvalue weighted by molar-refractivity contribution is -0.129. The van der Waals surface area contributed by atoms with Gasteiger partial charge in [-0.3, -0.25) is 9.59 Å². The highest BCUT2D eigenvalue weighted by molar-refractivity contribution is 6.24. The summed E-state index contributed by atoms with van der Waals surface area (Å²) in [6, 6.07) is 5.21. The average molecular weight is 354 g/mol. The molecule has 134 valence electrons. The topological polar surface area (TPSA) is 88.9 Å². The van der Waals surface area contributed by atoms with E-state index in [4.69, 9.17) is 14.2 Å². The molecule has 4 aliphatic heterocycles. The van der Waals surface area contributed by atoms with E-state index in [2.05, 4.69) is 6.07 Å². The van der Waals surface area contributed by atoms with E-state index in [1.165, 1.54) is 4.90 Å². The third-order valence-corrected chi connectivity index (χ3v) is 6.23. The Balaban J connectivity index is 1.64. The summed E-state index contributed by atoms with van der Waals surface area (Å²) >= 11 is 0. The van der Waals surface area contributed by atoms with E-state index in [-0.39, 0.29) is 11.8 Å². The Bertz CT molecular complexity index is 872. The molecule has 0 aromatic heterocycles. The van der Waals surface area contributed by atoms with Crippen LogP contribution in [0.15, 0.2) is 12.1 Å². The fourth-order valence-corrected chi connectivity index (χ4v) is 5.09. The van der Waals surface area contributed by atoms with Gasteiger partial charge in [0, 0.05) is 0 Å². The Hall–Kier alpha value is -2.59. The molecule has 2 amide bonds. The predicted molar refractivity (Wildman–Crippen MR) is 88.7 cm³/mol. The molecule has 2 unspecified atom stereocenters. The lowest BCUT2D eigenvalue weighted by Crippen LogP contribution is -2.40. The van der Waals surface area contributed by atoms with Crippen LogP contribution in [0.4, 0.5) is 5.69 Å². The van der Waals surface area contributed by atoms with Gasteiger partial charge in [0.05, 0.1) is 34.3 Å². The van der Waals surface area contributed by atoms with Crippen LogP contribution >= 0.6 is 0 Å². The van der Waals surface area contributed by atoms with Crippen molar-refractivity contribution in [2.45, 2.75) is 37.9 Å². The molecule has 0 N–H and O–H groups in total. The highest BCUT2D eigenvalue weighted by Gasteiger charge is 2.72. The van der Waals surface area contributed by atoms with Gasteiger partial charge in [-0.25, -0.2) is 4.90 Å². The summed E-state index contributed by atoms with van der Waals surface area (Å²) in [5, 5.41) is 9.28. The smallest absolute Gasteiger partial charge is 0.240 e. The first-order chi connectivity index (χ1) is 12.4. The van der Waals surface area contributed by atoms with Crippen molar-refractivity contribution < 1.29 is 23.8 Å². The van der Waals surface area contributed by atoms with E-state index < -0.39 is 23.0 Å². The number of rotatable bonds is 1. The molecule has 7 heteroatoms. The van der Waals surface area contributed by atoms with Crippen molar-refractivity contribution in [2.24, 2.45) is 11.8 Å². The minimum absolute atomic E-state index is 0.257. The molecular weight excluding hydrogens is 336 g/mol. The number of amides is 2. The quantitative estimate of drug-likeness (QED) is 0.714. The molecule has 5 rings (SSSR count). The van der Waals surface area contributed by atoms with Crippen LogP contribution in [-0.2, 0) is 14.3 Å². The van der Waals surface area contributed by atoms with E-state index in [0.29, 0.717) is 36.0 Å². The number of nitriles is 1. The molecule has 0 saturated carbocycles. The van der Waals surface area contributed by atoms with Crippen molar-refractivity contribution in [3.8, 4) is 17.6 Å². The second kappa shape index (κ2) is 4.77. The van der Waals surface area contributed by atoms with Crippen molar-refractivity contribution in [3.05, 3.63) is 17.7 Å². The Morgan fingerprint density at radius 2 is 1.62 bits per heavy atom. The van der Waals surface area contributed by atoms with Crippen molar-refractivity contribution >= 4 is 17.5 Å². The molecule has 7 nitrogen and oxygen atoms in total. The second-order valence-electron chi connectivity index (χ2n) is 7.79. The molecule has 0 spiro atoms. The van der Waals surface area contributed by atoms with Gasteiger partial charge in [0.1, 0.15) is 19.3 Å². The number of ether oxygens (including phenoxy) is 3. The predicted octanol–water partition coefficient (Wildman–Crippen LogP) is 1.78. The maximum atomic E-state index is 13.2. The molecule has 0 radical (unpaired) electrons. The Labute approximate surface area is 150 Å². The third kappa shape index (κ3) is 1.70. The number of hydrogen-bond acceptors (Lipinski definition) is 6. The first-order valence-electron chi connectivity index (χ1n) is 8.80. The number of anilines is 1. The zero-order valence-corrected chi connectivity index (χ0v) is 14.6. The fourth-order valence-electron chi connectivity index (χ4n) is 5.09. The van der Waals surface area contributed by atoms with Gasteiger partial charge in [-0.2, -0.15) is 5.26 Å². The molecule has 0 aliphatic carbocycles. The highest BCUT2D eigenvalue weighted by Crippen LogP contribution is 2.61. The van der Waals surface area contributed by atoms with Crippen molar-refractivity contribution in [2.75, 3.05) is 18.1 Å². The van der Waals surface area contributed by atoms with Crippen LogP contribution in [0.1, 0.15) is 32.3 Å². The molecule has 4 atom stereocenters. The Morgan fingerprint density at radius 1 is 1.04 bits per heavy atom. The van der Waals surface area contributed by atoms with Crippen LogP contribution in [-0.4, -0.2) is 36.2 Å². The largest absolute Gasteiger partial charge is 0.485 e. The van der Waals surface area contributed by atoms with Crippen LogP contribution in [0, 0.1) is 23.2 Å². The zero-order valence-electron chi connectivity index (χ0n) is 14.6. The molecular formula is C19H18N2O5. The van der Waals surface area contributed by atoms with E-state index >= 15 is 0 Å². The second-order valence-corrected chi connectivity index (χ2v) is 7.79. The number of carbonyl (C=O) groups excluding carboxylic acids is 2. The number of fused-ring (bicyclic) bond motifs is 6. The van der Waals surface area contributed by atoms with Gasteiger partial charge in [0.25, 0.3) is 0 Å². The summed E-state index contributed by atoms with van der Waals surface area (Å²) in [6.45, 7) is 4.47. The summed E-state index contributed by atoms with van der Waals surface area (Å²) < 4.78 is 17.4. The van der Waals surface area contributed by atoms with E-state index in [1.54, 1.807) is 12.1 Å². The number of benzene rings is 1. The highest BCUT2D eigenvalue weighted by atomic mass is 16.6. The maximum Gasteiger partial charge on any atom is 0.240 e. The number of nitrogens with zero attached hydrogens (tertiary/aromatic N) is 2. The van der Waals surface area contributed by atoms with Crippen LogP contribution in [0.25, 0.3) is 0 Å². The van der Waals surface area contributed by atoms with Gasteiger partial charge in [-0.15, -0.1) is 0 Å². The van der Waals surface area contributed by atoms with E-state index in [1.807, 2.05) is 13.8 Å². The lowest BCUT2D eigenvalue weighted by Gasteiger charge is -2.28. The van der Waals surface area contributed by atoms with Gasteiger partial charge in [-0.05, 0) is 38.8 Å². The molecule has 4 heterocycles. The molecule has 26 heavy (non-hydrogen) atoms. The summed E-state index contributed by atoms with van der Waals surface area (Å²) in [5.74, 6) is -0.890. The molecule has 3 fully saturated rings. The normalized spacial score (nSPS) is 37.0. The Morgan fingerprint density at radius 3 is 2.19 bits per heavy atom. The molecule has 1 aromatic rings. The summed E-state index contributed by atoms with van der Waals surface area (Å²) in [5.41, 5.74) is -0.532. The molecule has 4 aliphatic rings. The first kappa shape index (κ1) is 15.6. The van der Waals surface area contributed by atoms with Gasteiger partial charge in [0.15, 0.2) is 11.5 Å². The Kier molecular flexibility index (Phi) is 2.87. The monoisotopic (exact) mass is 354 g/mol. The minimum Gasteiger partial charge on any atom is -0.485 e. The summed E-state index contributed by atoms with van der Waals surface area (Å²) in [4.78, 5) is 27.7. The van der Waals surface area contributed by atoms with Gasteiger partial charge in [-0.1, -0.05) is 0 Å². The van der Waals surface area contributed by atoms with Gasteiger partial charge >= 0.3 is 0 Å². The van der Waals surface area contributed by atoms with E-state index in [0.717, 1.165) is 12.8 Å². The van der Waals surface area contributed by atoms with Crippen molar-refractivity contribution in [1.82, 2.24) is 0 Å². The zero-order chi connectivity index (χ0) is 18.3. The maximum absolute atomic E-state index is 13.2. The number of hydrogen-bond donors (Lipinski definition) is 0. The average Bonchev–Trinajstić information content (AvgIpc) is 3.18. The number of imide groups is 1. The van der Waals surface area contributed by atoms with Gasteiger partial charge in [0.2, 0.25) is 11.8 Å². The molecule has 3 saturated heterocycles. The molecule has 2 bridgehead atoms. The van der Waals surface area contributed by atoms with Gasteiger partial charge < -0.3 is 14.2 Å². The van der Waals surface area contributed by atoms with Crippen LogP contribution in [0.2, 0.25) is 0 Å². The van der Waals surface area contributed by atoms with Crippen LogP contribution in [0.3, 0.4) is 0 Å². The van der Waals surface area contributed by atoms with E-state index in [9.17, 15) is 14.9 Å². The standard InChI is InChI=1S/C19H18N2O5/c1-18-5-6-19(2,26-18)13-12(18)16(22)21(17(13)23)11-4-3-10(9-20)14-15(11)25-8-7-24-14/h3-4,12-13H,5-8H2,1-2H3/t12-,13+,18?,19?. The van der Waals surface area contributed by atoms with Crippen LogP contribution in [0.5, 0.6) is 11.5 Å². The number of carbonyl (C=O) groups is 2. The van der Waals surface area contributed by atoms with Crippen LogP contribution < -0.4 is 14.4 Å². The first-order valence-corrected chi connectivity index (χ1v) is 8.80.